The van der Waals surface area contributed by atoms with Crippen molar-refractivity contribution in [3.8, 4) is 0 Å². The first-order valence-corrected chi connectivity index (χ1v) is 9.44. The highest BCUT2D eigenvalue weighted by Gasteiger charge is 2.26. The molecular weight excluding hydrogens is 330 g/mol. The molecule has 1 fully saturated rings. The van der Waals surface area contributed by atoms with Gasteiger partial charge < -0.3 is 15.5 Å². The minimum absolute atomic E-state index is 0.00283. The molecule has 26 heavy (non-hydrogen) atoms. The molecule has 1 saturated heterocycles. The van der Waals surface area contributed by atoms with Crippen LogP contribution in [0.1, 0.15) is 49.9 Å². The van der Waals surface area contributed by atoms with Gasteiger partial charge in [-0.25, -0.2) is 0 Å². The van der Waals surface area contributed by atoms with Crippen LogP contribution >= 0.6 is 0 Å². The number of carbonyl (C=O) groups is 3. The Balaban J connectivity index is 1.87. The average molecular weight is 359 g/mol. The Hall–Kier alpha value is -2.37. The highest BCUT2D eigenvalue weighted by Crippen LogP contribution is 2.11. The molecule has 3 amide bonds. The van der Waals surface area contributed by atoms with Crippen molar-refractivity contribution >= 4 is 17.7 Å². The van der Waals surface area contributed by atoms with Crippen molar-refractivity contribution in [2.75, 3.05) is 19.6 Å². The quantitative estimate of drug-likeness (QED) is 0.745. The predicted molar refractivity (Wildman–Crippen MR) is 101 cm³/mol. The van der Waals surface area contributed by atoms with E-state index in [1.807, 2.05) is 24.8 Å². The van der Waals surface area contributed by atoms with Crippen molar-refractivity contribution in [3.63, 3.8) is 0 Å². The first kappa shape index (κ1) is 19.9. The van der Waals surface area contributed by atoms with Gasteiger partial charge in [-0.2, -0.15) is 0 Å². The van der Waals surface area contributed by atoms with Crippen LogP contribution in [0.15, 0.2) is 30.3 Å². The lowest BCUT2D eigenvalue weighted by molar-refractivity contribution is -0.130. The highest BCUT2D eigenvalue weighted by molar-refractivity contribution is 5.97. The summed E-state index contributed by atoms with van der Waals surface area (Å²) in [4.78, 5) is 38.8. The zero-order chi connectivity index (χ0) is 18.9. The van der Waals surface area contributed by atoms with E-state index in [2.05, 4.69) is 10.6 Å². The van der Waals surface area contributed by atoms with Gasteiger partial charge in [0.25, 0.3) is 5.91 Å². The Kier molecular flexibility index (Phi) is 7.63. The van der Waals surface area contributed by atoms with E-state index in [9.17, 15) is 14.4 Å². The third-order valence-corrected chi connectivity index (χ3v) is 4.91. The van der Waals surface area contributed by atoms with Crippen LogP contribution in [-0.2, 0) is 9.59 Å². The van der Waals surface area contributed by atoms with Crippen molar-refractivity contribution < 1.29 is 14.4 Å². The number of carbonyl (C=O) groups excluding carboxylic acids is 3. The molecule has 1 aliphatic rings. The van der Waals surface area contributed by atoms with Crippen molar-refractivity contribution in [2.45, 2.75) is 45.6 Å². The third-order valence-electron chi connectivity index (χ3n) is 4.91. The minimum atomic E-state index is -0.616. The van der Waals surface area contributed by atoms with Gasteiger partial charge in [-0.15, -0.1) is 0 Å². The number of benzene rings is 1. The van der Waals surface area contributed by atoms with Gasteiger partial charge in [0.05, 0.1) is 0 Å². The maximum absolute atomic E-state index is 12.6. The van der Waals surface area contributed by atoms with Gasteiger partial charge in [-0.05, 0) is 30.9 Å². The summed E-state index contributed by atoms with van der Waals surface area (Å²) < 4.78 is 0. The molecule has 0 aromatic heterocycles. The average Bonchev–Trinajstić information content (AvgIpc) is 3.20. The zero-order valence-corrected chi connectivity index (χ0v) is 15.7. The summed E-state index contributed by atoms with van der Waals surface area (Å²) in [5, 5.41) is 5.64. The number of hydrogen-bond acceptors (Lipinski definition) is 3. The van der Waals surface area contributed by atoms with Crippen molar-refractivity contribution in [3.05, 3.63) is 35.9 Å². The molecule has 0 saturated carbocycles. The van der Waals surface area contributed by atoms with Gasteiger partial charge >= 0.3 is 0 Å². The fourth-order valence-electron chi connectivity index (χ4n) is 3.04. The highest BCUT2D eigenvalue weighted by atomic mass is 16.2. The summed E-state index contributed by atoms with van der Waals surface area (Å²) in [6, 6.07) is 8.24. The summed E-state index contributed by atoms with van der Waals surface area (Å²) in [7, 11) is 0. The van der Waals surface area contributed by atoms with Gasteiger partial charge in [-0.3, -0.25) is 14.4 Å². The van der Waals surface area contributed by atoms with Crippen LogP contribution in [0.3, 0.4) is 0 Å². The van der Waals surface area contributed by atoms with Crippen LogP contribution in [0.25, 0.3) is 0 Å². The lowest BCUT2D eigenvalue weighted by Crippen LogP contribution is -2.50. The van der Waals surface area contributed by atoms with Gasteiger partial charge in [0, 0.05) is 31.6 Å². The molecule has 1 aromatic rings. The predicted octanol–water partition coefficient (Wildman–Crippen LogP) is 1.96. The molecule has 6 nitrogen and oxygen atoms in total. The van der Waals surface area contributed by atoms with Gasteiger partial charge in [0.1, 0.15) is 6.04 Å². The second-order valence-corrected chi connectivity index (χ2v) is 6.83. The maximum Gasteiger partial charge on any atom is 0.251 e. The van der Waals surface area contributed by atoms with E-state index in [1.165, 1.54) is 0 Å². The van der Waals surface area contributed by atoms with E-state index >= 15 is 0 Å². The normalized spacial score (nSPS) is 16.0. The number of nitrogens with one attached hydrogen (secondary N) is 2. The summed E-state index contributed by atoms with van der Waals surface area (Å²) >= 11 is 0. The molecule has 142 valence electrons. The van der Waals surface area contributed by atoms with E-state index < -0.39 is 6.04 Å². The SMILES string of the molecule is CC[C@H](C)[C@H](NC(=O)c1ccccc1)C(=O)NCCC(=O)N1CCCC1. The molecule has 2 atom stereocenters. The number of nitrogens with zero attached hydrogens (tertiary/aromatic N) is 1. The van der Waals surface area contributed by atoms with Crippen molar-refractivity contribution in [2.24, 2.45) is 5.92 Å². The molecule has 1 heterocycles. The minimum Gasteiger partial charge on any atom is -0.354 e. The lowest BCUT2D eigenvalue weighted by atomic mass is 9.97. The van der Waals surface area contributed by atoms with Crippen LogP contribution in [-0.4, -0.2) is 48.3 Å². The Morgan fingerprint density at radius 2 is 1.77 bits per heavy atom. The summed E-state index contributed by atoms with van der Waals surface area (Å²) in [5.74, 6) is -0.426. The van der Waals surface area contributed by atoms with E-state index in [0.717, 1.165) is 32.4 Å². The fourth-order valence-corrected chi connectivity index (χ4v) is 3.04. The maximum atomic E-state index is 12.6. The smallest absolute Gasteiger partial charge is 0.251 e. The lowest BCUT2D eigenvalue weighted by Gasteiger charge is -2.24. The molecule has 0 radical (unpaired) electrons. The fraction of sp³-hybridized carbons (Fsp3) is 0.550. The summed E-state index contributed by atoms with van der Waals surface area (Å²) in [5.41, 5.74) is 0.526. The molecule has 0 spiro atoms. The Labute approximate surface area is 155 Å². The van der Waals surface area contributed by atoms with Crippen LogP contribution in [0.4, 0.5) is 0 Å². The number of hydrogen-bond donors (Lipinski definition) is 2. The monoisotopic (exact) mass is 359 g/mol. The number of rotatable bonds is 8. The standard InChI is InChI=1S/C20H29N3O3/c1-3-15(2)18(22-19(25)16-9-5-4-6-10-16)20(26)21-12-11-17(24)23-13-7-8-14-23/h4-6,9-10,15,18H,3,7-8,11-14H2,1-2H3,(H,21,26)(H,22,25)/t15-,18-/m0/s1. The van der Waals surface area contributed by atoms with E-state index in [4.69, 9.17) is 0 Å². The number of likely N-dealkylation sites (tertiary alicyclic amines) is 1. The van der Waals surface area contributed by atoms with Gasteiger partial charge in [0.15, 0.2) is 0 Å². The van der Waals surface area contributed by atoms with E-state index in [0.29, 0.717) is 18.5 Å². The molecule has 2 rings (SSSR count). The third kappa shape index (κ3) is 5.58. The molecule has 0 bridgehead atoms. The molecule has 1 aromatic carbocycles. The molecular formula is C20H29N3O3. The first-order chi connectivity index (χ1) is 12.5. The van der Waals surface area contributed by atoms with Crippen LogP contribution < -0.4 is 10.6 Å². The van der Waals surface area contributed by atoms with E-state index in [-0.39, 0.29) is 23.6 Å². The Morgan fingerprint density at radius 3 is 2.38 bits per heavy atom. The number of amides is 3. The molecule has 2 N–H and O–H groups in total. The molecule has 6 heteroatoms. The van der Waals surface area contributed by atoms with Crippen molar-refractivity contribution in [1.29, 1.82) is 0 Å². The topological polar surface area (TPSA) is 78.5 Å². The van der Waals surface area contributed by atoms with E-state index in [1.54, 1.807) is 24.3 Å². The molecule has 1 aliphatic heterocycles. The largest absolute Gasteiger partial charge is 0.354 e. The Morgan fingerprint density at radius 1 is 1.12 bits per heavy atom. The van der Waals surface area contributed by atoms with Gasteiger partial charge in [-0.1, -0.05) is 38.5 Å². The van der Waals surface area contributed by atoms with Crippen LogP contribution in [0, 0.1) is 5.92 Å². The first-order valence-electron chi connectivity index (χ1n) is 9.44. The zero-order valence-electron chi connectivity index (χ0n) is 15.7. The molecule has 0 unspecified atom stereocenters. The van der Waals surface area contributed by atoms with Gasteiger partial charge in [0.2, 0.25) is 11.8 Å². The van der Waals surface area contributed by atoms with Crippen LogP contribution in [0.2, 0.25) is 0 Å². The van der Waals surface area contributed by atoms with Crippen molar-refractivity contribution in [1.82, 2.24) is 15.5 Å². The second kappa shape index (κ2) is 9.94. The second-order valence-electron chi connectivity index (χ2n) is 6.83. The molecule has 0 aliphatic carbocycles. The summed E-state index contributed by atoms with van der Waals surface area (Å²) in [6.07, 6.45) is 3.17. The van der Waals surface area contributed by atoms with Crippen LogP contribution in [0.5, 0.6) is 0 Å². The summed E-state index contributed by atoms with van der Waals surface area (Å²) in [6.45, 7) is 5.84. The Bertz CT molecular complexity index is 612.